The Hall–Kier alpha value is -2.38. The summed E-state index contributed by atoms with van der Waals surface area (Å²) in [4.78, 5) is 20.3. The lowest BCUT2D eigenvalue weighted by atomic mass is 9.97. The molecule has 174 valence electrons. The molecule has 0 unspecified atom stereocenters. The van der Waals surface area contributed by atoms with Crippen LogP contribution in [0.15, 0.2) is 71.2 Å². The molecule has 0 spiro atoms. The Labute approximate surface area is 216 Å². The Morgan fingerprint density at radius 2 is 1.91 bits per heavy atom. The number of carbonyl (C=O) groups excluding carboxylic acids is 1. The van der Waals surface area contributed by atoms with E-state index in [1.807, 2.05) is 30.3 Å². The highest BCUT2D eigenvalue weighted by molar-refractivity contribution is 9.10. The van der Waals surface area contributed by atoms with Gasteiger partial charge in [-0.2, -0.15) is 0 Å². The molecule has 3 aromatic carbocycles. The zero-order chi connectivity index (χ0) is 23.7. The van der Waals surface area contributed by atoms with E-state index >= 15 is 0 Å². The first-order valence-electron chi connectivity index (χ1n) is 11.2. The molecule has 1 atom stereocenters. The Kier molecular flexibility index (Phi) is 6.93. The van der Waals surface area contributed by atoms with Crippen LogP contribution in [0.5, 0.6) is 0 Å². The monoisotopic (exact) mass is 556 g/mol. The van der Waals surface area contributed by atoms with E-state index in [4.69, 9.17) is 28.2 Å². The summed E-state index contributed by atoms with van der Waals surface area (Å²) in [5, 5.41) is 3.89. The lowest BCUT2D eigenvalue weighted by molar-refractivity contribution is -0.121. The first-order chi connectivity index (χ1) is 16.5. The number of hydrogen-bond donors (Lipinski definition) is 1. The number of benzene rings is 3. The maximum absolute atomic E-state index is 13.0. The molecule has 1 aromatic heterocycles. The van der Waals surface area contributed by atoms with Crippen LogP contribution >= 0.6 is 39.1 Å². The molecule has 34 heavy (non-hydrogen) atoms. The molecule has 1 aliphatic heterocycles. The van der Waals surface area contributed by atoms with Crippen molar-refractivity contribution in [3.63, 3.8) is 0 Å². The molecule has 0 aliphatic carbocycles. The van der Waals surface area contributed by atoms with Crippen LogP contribution in [0.2, 0.25) is 10.0 Å². The van der Waals surface area contributed by atoms with Gasteiger partial charge >= 0.3 is 0 Å². The van der Waals surface area contributed by atoms with Gasteiger partial charge in [0.25, 0.3) is 0 Å². The van der Waals surface area contributed by atoms with E-state index in [1.165, 1.54) is 0 Å². The van der Waals surface area contributed by atoms with Crippen molar-refractivity contribution in [2.75, 3.05) is 18.4 Å². The number of likely N-dealkylation sites (tertiary alicyclic amines) is 1. The van der Waals surface area contributed by atoms with Gasteiger partial charge in [0.1, 0.15) is 5.82 Å². The minimum absolute atomic E-state index is 0.00332. The second kappa shape index (κ2) is 10.1. The zero-order valence-corrected chi connectivity index (χ0v) is 21.4. The van der Waals surface area contributed by atoms with Crippen molar-refractivity contribution in [1.82, 2.24) is 14.5 Å². The van der Waals surface area contributed by atoms with Gasteiger partial charge < -0.3 is 5.32 Å². The molecule has 1 fully saturated rings. The van der Waals surface area contributed by atoms with Crippen molar-refractivity contribution in [1.29, 1.82) is 0 Å². The van der Waals surface area contributed by atoms with E-state index in [0.29, 0.717) is 28.8 Å². The van der Waals surface area contributed by atoms with E-state index in [9.17, 15) is 4.79 Å². The van der Waals surface area contributed by atoms with Gasteiger partial charge in [0.05, 0.1) is 33.5 Å². The molecule has 0 radical (unpaired) electrons. The van der Waals surface area contributed by atoms with E-state index in [-0.39, 0.29) is 11.8 Å². The molecule has 4 aromatic rings. The number of aromatic nitrogens is 2. The summed E-state index contributed by atoms with van der Waals surface area (Å²) < 4.78 is 3.23. The fourth-order valence-corrected chi connectivity index (χ4v) is 5.20. The number of para-hydroxylation sites is 2. The first kappa shape index (κ1) is 23.4. The van der Waals surface area contributed by atoms with Gasteiger partial charge in [-0.1, -0.05) is 57.3 Å². The predicted octanol–water partition coefficient (Wildman–Crippen LogP) is 6.95. The molecule has 0 bridgehead atoms. The Morgan fingerprint density at radius 1 is 1.06 bits per heavy atom. The maximum atomic E-state index is 13.0. The molecule has 5 nitrogen and oxygen atoms in total. The van der Waals surface area contributed by atoms with E-state index in [0.717, 1.165) is 46.4 Å². The van der Waals surface area contributed by atoms with Crippen LogP contribution in [0.4, 0.5) is 5.69 Å². The molecular formula is C26H23BrCl2N4O. The topological polar surface area (TPSA) is 50.2 Å². The average molecular weight is 558 g/mol. The summed E-state index contributed by atoms with van der Waals surface area (Å²) in [6.07, 6.45) is 1.81. The van der Waals surface area contributed by atoms with Crippen LogP contribution < -0.4 is 5.32 Å². The SMILES string of the molecule is O=C(Nc1ccc(Cl)c(Cl)c1)[C@@H]1CCCN(Cc2nc3ccccc3n2-c2cccc(Br)c2)C1. The molecular weight excluding hydrogens is 535 g/mol. The standard InChI is InChI=1S/C26H23BrCl2N4O/c27-18-6-3-7-20(13-18)33-24-9-2-1-8-23(24)31-25(33)16-32-12-4-5-17(15-32)26(34)30-19-10-11-21(28)22(29)14-19/h1-3,6-11,13-14,17H,4-5,12,15-16H2,(H,30,34)/t17-/m1/s1. The fourth-order valence-electron chi connectivity index (χ4n) is 4.52. The van der Waals surface area contributed by atoms with Gasteiger partial charge in [0, 0.05) is 22.4 Å². The highest BCUT2D eigenvalue weighted by atomic mass is 79.9. The summed E-state index contributed by atoms with van der Waals surface area (Å²) in [5.74, 6) is 0.861. The minimum atomic E-state index is -0.105. The highest BCUT2D eigenvalue weighted by Crippen LogP contribution is 2.28. The fraction of sp³-hybridized carbons (Fsp3) is 0.231. The predicted molar refractivity (Wildman–Crippen MR) is 142 cm³/mol. The first-order valence-corrected chi connectivity index (χ1v) is 12.7. The quantitative estimate of drug-likeness (QED) is 0.289. The summed E-state index contributed by atoms with van der Waals surface area (Å²) in [7, 11) is 0. The second-order valence-electron chi connectivity index (χ2n) is 8.52. The second-order valence-corrected chi connectivity index (χ2v) is 10.3. The van der Waals surface area contributed by atoms with Crippen LogP contribution in [0.25, 0.3) is 16.7 Å². The number of nitrogens with one attached hydrogen (secondary N) is 1. The van der Waals surface area contributed by atoms with Gasteiger partial charge in [-0.15, -0.1) is 0 Å². The molecule has 1 amide bonds. The van der Waals surface area contributed by atoms with Crippen molar-refractivity contribution < 1.29 is 4.79 Å². The lowest BCUT2D eigenvalue weighted by Gasteiger charge is -2.31. The Morgan fingerprint density at radius 3 is 2.74 bits per heavy atom. The van der Waals surface area contributed by atoms with Gasteiger partial charge in [0.15, 0.2) is 0 Å². The largest absolute Gasteiger partial charge is 0.326 e. The van der Waals surface area contributed by atoms with Crippen molar-refractivity contribution >= 4 is 61.8 Å². The summed E-state index contributed by atoms with van der Waals surface area (Å²) in [6.45, 7) is 2.27. The van der Waals surface area contributed by atoms with E-state index in [1.54, 1.807) is 18.2 Å². The number of rotatable bonds is 5. The molecule has 2 heterocycles. The van der Waals surface area contributed by atoms with Gasteiger partial charge in [-0.3, -0.25) is 14.3 Å². The zero-order valence-electron chi connectivity index (χ0n) is 18.3. The van der Waals surface area contributed by atoms with E-state index < -0.39 is 0 Å². The maximum Gasteiger partial charge on any atom is 0.228 e. The van der Waals surface area contributed by atoms with Crippen LogP contribution in [0.1, 0.15) is 18.7 Å². The average Bonchev–Trinajstić information content (AvgIpc) is 3.19. The Balaban J connectivity index is 1.36. The smallest absolute Gasteiger partial charge is 0.228 e. The number of carbonyl (C=O) groups is 1. The summed E-state index contributed by atoms with van der Waals surface area (Å²) in [6, 6.07) is 21.6. The number of halogens is 3. The number of nitrogens with zero attached hydrogens (tertiary/aromatic N) is 3. The molecule has 1 aliphatic rings. The van der Waals surface area contributed by atoms with Crippen LogP contribution in [-0.4, -0.2) is 33.4 Å². The van der Waals surface area contributed by atoms with Gasteiger partial charge in [0.2, 0.25) is 5.91 Å². The van der Waals surface area contributed by atoms with E-state index in [2.05, 4.69) is 48.9 Å². The Bertz CT molecular complexity index is 1360. The van der Waals surface area contributed by atoms with Crippen LogP contribution in [0.3, 0.4) is 0 Å². The molecule has 0 saturated carbocycles. The van der Waals surface area contributed by atoms with Crippen LogP contribution in [-0.2, 0) is 11.3 Å². The third-order valence-electron chi connectivity index (χ3n) is 6.13. The normalized spacial score (nSPS) is 16.6. The number of piperidine rings is 1. The number of amides is 1. The van der Waals surface area contributed by atoms with Crippen molar-refractivity contribution in [3.05, 3.63) is 87.1 Å². The number of anilines is 1. The van der Waals surface area contributed by atoms with Crippen molar-refractivity contribution in [2.24, 2.45) is 5.92 Å². The van der Waals surface area contributed by atoms with Crippen molar-refractivity contribution in [2.45, 2.75) is 19.4 Å². The molecule has 1 saturated heterocycles. The third-order valence-corrected chi connectivity index (χ3v) is 7.36. The third kappa shape index (κ3) is 5.01. The molecule has 5 rings (SSSR count). The molecule has 8 heteroatoms. The summed E-state index contributed by atoms with van der Waals surface area (Å²) >= 11 is 15.7. The minimum Gasteiger partial charge on any atom is -0.326 e. The lowest BCUT2D eigenvalue weighted by Crippen LogP contribution is -2.40. The van der Waals surface area contributed by atoms with Crippen LogP contribution in [0, 0.1) is 5.92 Å². The van der Waals surface area contributed by atoms with Gasteiger partial charge in [-0.25, -0.2) is 4.98 Å². The molecule has 1 N–H and O–H groups in total. The number of imidazole rings is 1. The highest BCUT2D eigenvalue weighted by Gasteiger charge is 2.27. The number of hydrogen-bond acceptors (Lipinski definition) is 3. The van der Waals surface area contributed by atoms with Gasteiger partial charge in [-0.05, 0) is 67.9 Å². The number of fused-ring (bicyclic) bond motifs is 1. The summed E-state index contributed by atoms with van der Waals surface area (Å²) in [5.41, 5.74) is 3.75. The van der Waals surface area contributed by atoms with Crippen molar-refractivity contribution in [3.8, 4) is 5.69 Å².